The molecule has 0 aliphatic heterocycles. The van der Waals surface area contributed by atoms with Crippen LogP contribution in [0.2, 0.25) is 0 Å². The molecule has 2 N–H and O–H groups in total. The Morgan fingerprint density at radius 3 is 2.66 bits per heavy atom. The number of para-hydroxylation sites is 1. The summed E-state index contributed by atoms with van der Waals surface area (Å²) in [6.07, 6.45) is 4.82. The van der Waals surface area contributed by atoms with Crippen molar-refractivity contribution in [3.05, 3.63) is 84.4 Å². The third-order valence-electron chi connectivity index (χ3n) is 5.83. The fourth-order valence-electron chi connectivity index (χ4n) is 4.30. The zero-order chi connectivity index (χ0) is 22.1. The molecule has 0 spiro atoms. The van der Waals surface area contributed by atoms with E-state index in [1.807, 2.05) is 60.1 Å². The van der Waals surface area contributed by atoms with E-state index in [0.29, 0.717) is 19.4 Å². The van der Waals surface area contributed by atoms with Crippen molar-refractivity contribution in [3.63, 3.8) is 0 Å². The van der Waals surface area contributed by atoms with E-state index in [1.54, 1.807) is 12.5 Å². The average molecular weight is 425 g/mol. The van der Waals surface area contributed by atoms with Crippen molar-refractivity contribution in [2.45, 2.75) is 12.8 Å². The van der Waals surface area contributed by atoms with Gasteiger partial charge in [-0.15, -0.1) is 0 Å². The number of imidazole rings is 1. The summed E-state index contributed by atoms with van der Waals surface area (Å²) in [7, 11) is 1.92. The van der Waals surface area contributed by atoms with E-state index in [2.05, 4.69) is 22.1 Å². The van der Waals surface area contributed by atoms with E-state index in [9.17, 15) is 9.90 Å². The van der Waals surface area contributed by atoms with Gasteiger partial charge in [0.1, 0.15) is 11.4 Å². The highest BCUT2D eigenvalue weighted by molar-refractivity contribution is 6.02. The third-order valence-corrected chi connectivity index (χ3v) is 5.83. The lowest BCUT2D eigenvalue weighted by Gasteiger charge is -2.09. The van der Waals surface area contributed by atoms with Crippen molar-refractivity contribution in [2.24, 2.45) is 7.05 Å². The van der Waals surface area contributed by atoms with E-state index < -0.39 is 5.97 Å². The molecule has 3 aromatic carbocycles. The first-order chi connectivity index (χ1) is 15.6. The number of aryl methyl sites for hydroxylation is 2. The minimum absolute atomic E-state index is 0.236. The second-order valence-electron chi connectivity index (χ2n) is 7.83. The number of aromatic amines is 1. The fraction of sp³-hybridized carbons (Fsp3) is 0.154. The molecule has 0 saturated heterocycles. The van der Waals surface area contributed by atoms with Crippen LogP contribution in [-0.2, 0) is 13.5 Å². The summed E-state index contributed by atoms with van der Waals surface area (Å²) < 4.78 is 7.98. The molecule has 0 fully saturated rings. The van der Waals surface area contributed by atoms with Crippen LogP contribution in [0.3, 0.4) is 0 Å². The molecule has 0 radical (unpaired) electrons. The number of fused-ring (bicyclic) bond motifs is 2. The smallest absolute Gasteiger partial charge is 0.352 e. The molecule has 2 heterocycles. The monoisotopic (exact) mass is 425 g/mol. The lowest BCUT2D eigenvalue weighted by molar-refractivity contribution is 0.0690. The molecule has 0 bridgehead atoms. The standard InChI is InChI=1S/C26H23N3O3/c1-29-16-27-15-22(29)21-11-5-10-19-20(25(26(30)31)28-24(19)21)12-6-14-32-23-13-4-8-17-7-2-3-9-18(17)23/h2-5,7-11,13,15-16,28H,6,12,14H2,1H3,(H,30,31). The van der Waals surface area contributed by atoms with Gasteiger partial charge < -0.3 is 19.4 Å². The number of benzene rings is 3. The Morgan fingerprint density at radius 2 is 1.84 bits per heavy atom. The first kappa shape index (κ1) is 19.9. The number of carboxylic acid groups (broad SMARTS) is 1. The first-order valence-electron chi connectivity index (χ1n) is 10.6. The normalized spacial score (nSPS) is 11.3. The average Bonchev–Trinajstić information content (AvgIpc) is 3.40. The molecular formula is C26H23N3O3. The van der Waals surface area contributed by atoms with E-state index >= 15 is 0 Å². The maximum absolute atomic E-state index is 12.0. The van der Waals surface area contributed by atoms with Gasteiger partial charge in [-0.05, 0) is 29.9 Å². The molecule has 0 saturated carbocycles. The Bertz CT molecular complexity index is 1430. The number of nitrogens with one attached hydrogen (secondary N) is 1. The van der Waals surface area contributed by atoms with Gasteiger partial charge in [-0.1, -0.05) is 54.6 Å². The quantitative estimate of drug-likeness (QED) is 0.341. The topological polar surface area (TPSA) is 80.1 Å². The second kappa shape index (κ2) is 8.23. The van der Waals surface area contributed by atoms with Crippen LogP contribution in [0.25, 0.3) is 32.9 Å². The van der Waals surface area contributed by atoms with Gasteiger partial charge in [0.05, 0.1) is 30.3 Å². The number of aromatic nitrogens is 3. The molecule has 0 unspecified atom stereocenters. The van der Waals surface area contributed by atoms with E-state index in [1.165, 1.54) is 0 Å². The highest BCUT2D eigenvalue weighted by Gasteiger charge is 2.19. The highest BCUT2D eigenvalue weighted by Crippen LogP contribution is 2.32. The number of hydrogen-bond acceptors (Lipinski definition) is 3. The van der Waals surface area contributed by atoms with Crippen LogP contribution in [0.15, 0.2) is 73.2 Å². The number of H-pyrrole nitrogens is 1. The lowest BCUT2D eigenvalue weighted by atomic mass is 10.0. The molecule has 6 heteroatoms. The van der Waals surface area contributed by atoms with Crippen molar-refractivity contribution in [3.8, 4) is 17.0 Å². The molecular weight excluding hydrogens is 402 g/mol. The van der Waals surface area contributed by atoms with Crippen LogP contribution in [-0.4, -0.2) is 32.2 Å². The number of carbonyl (C=O) groups is 1. The largest absolute Gasteiger partial charge is 0.493 e. The zero-order valence-corrected chi connectivity index (χ0v) is 17.7. The Kier molecular flexibility index (Phi) is 5.11. The Hall–Kier alpha value is -4.06. The molecule has 0 amide bonds. The molecule has 2 aromatic heterocycles. The third kappa shape index (κ3) is 3.50. The van der Waals surface area contributed by atoms with Gasteiger partial charge in [0, 0.05) is 23.4 Å². The van der Waals surface area contributed by atoms with Gasteiger partial charge in [0.15, 0.2) is 0 Å². The maximum Gasteiger partial charge on any atom is 0.352 e. The molecule has 160 valence electrons. The van der Waals surface area contributed by atoms with Gasteiger partial charge in [-0.25, -0.2) is 9.78 Å². The number of hydrogen-bond donors (Lipinski definition) is 2. The molecule has 6 nitrogen and oxygen atoms in total. The Labute approximate surface area is 185 Å². The molecule has 0 atom stereocenters. The lowest BCUT2D eigenvalue weighted by Crippen LogP contribution is -2.04. The van der Waals surface area contributed by atoms with Crippen molar-refractivity contribution in [1.82, 2.24) is 14.5 Å². The SMILES string of the molecule is Cn1cncc1-c1cccc2c(CCCOc3cccc4ccccc34)c(C(=O)O)[nH]c12. The van der Waals surface area contributed by atoms with Gasteiger partial charge in [0.25, 0.3) is 0 Å². The minimum atomic E-state index is -0.956. The summed E-state index contributed by atoms with van der Waals surface area (Å²) in [5, 5.41) is 13.0. The van der Waals surface area contributed by atoms with Gasteiger partial charge >= 0.3 is 5.97 Å². The van der Waals surface area contributed by atoms with Crippen LogP contribution in [0.4, 0.5) is 0 Å². The fourth-order valence-corrected chi connectivity index (χ4v) is 4.30. The van der Waals surface area contributed by atoms with Crippen LogP contribution >= 0.6 is 0 Å². The van der Waals surface area contributed by atoms with Gasteiger partial charge in [-0.2, -0.15) is 0 Å². The molecule has 0 aliphatic carbocycles. The van der Waals surface area contributed by atoms with Crippen molar-refractivity contribution in [1.29, 1.82) is 0 Å². The first-order valence-corrected chi connectivity index (χ1v) is 10.6. The van der Waals surface area contributed by atoms with E-state index in [-0.39, 0.29) is 5.69 Å². The van der Waals surface area contributed by atoms with Crippen molar-refractivity contribution < 1.29 is 14.6 Å². The van der Waals surface area contributed by atoms with Crippen LogP contribution in [0.1, 0.15) is 22.5 Å². The van der Waals surface area contributed by atoms with Crippen molar-refractivity contribution >= 4 is 27.6 Å². The van der Waals surface area contributed by atoms with Crippen LogP contribution in [0.5, 0.6) is 5.75 Å². The number of ether oxygens (including phenoxy) is 1. The number of rotatable bonds is 7. The predicted molar refractivity (Wildman–Crippen MR) is 125 cm³/mol. The van der Waals surface area contributed by atoms with Crippen LogP contribution < -0.4 is 4.74 Å². The summed E-state index contributed by atoms with van der Waals surface area (Å²) in [4.78, 5) is 19.3. The van der Waals surface area contributed by atoms with Crippen molar-refractivity contribution in [2.75, 3.05) is 6.61 Å². The Morgan fingerprint density at radius 1 is 1.06 bits per heavy atom. The molecule has 5 aromatic rings. The van der Waals surface area contributed by atoms with Crippen LogP contribution in [0, 0.1) is 0 Å². The van der Waals surface area contributed by atoms with Gasteiger partial charge in [-0.3, -0.25) is 0 Å². The highest BCUT2D eigenvalue weighted by atomic mass is 16.5. The molecule has 32 heavy (non-hydrogen) atoms. The van der Waals surface area contributed by atoms with E-state index in [4.69, 9.17) is 4.74 Å². The summed E-state index contributed by atoms with van der Waals surface area (Å²) >= 11 is 0. The van der Waals surface area contributed by atoms with E-state index in [0.717, 1.165) is 44.2 Å². The maximum atomic E-state index is 12.0. The predicted octanol–water partition coefficient (Wildman–Crippen LogP) is 5.43. The minimum Gasteiger partial charge on any atom is -0.493 e. The number of aromatic carboxylic acids is 1. The number of carboxylic acids is 1. The zero-order valence-electron chi connectivity index (χ0n) is 17.7. The number of nitrogens with zero attached hydrogens (tertiary/aromatic N) is 2. The summed E-state index contributed by atoms with van der Waals surface area (Å²) in [6.45, 7) is 0.501. The molecule has 5 rings (SSSR count). The molecule has 0 aliphatic rings. The summed E-state index contributed by atoms with van der Waals surface area (Å²) in [5.41, 5.74) is 3.72. The summed E-state index contributed by atoms with van der Waals surface area (Å²) in [6, 6.07) is 20.0. The summed E-state index contributed by atoms with van der Waals surface area (Å²) in [5.74, 6) is -0.110. The van der Waals surface area contributed by atoms with Gasteiger partial charge in [0.2, 0.25) is 0 Å². The second-order valence-corrected chi connectivity index (χ2v) is 7.83. The Balaban J connectivity index is 1.41.